The van der Waals surface area contributed by atoms with E-state index in [9.17, 15) is 17.2 Å². The quantitative estimate of drug-likeness (QED) is 0.816. The maximum atomic E-state index is 13.3. The zero-order chi connectivity index (χ0) is 11.8. The van der Waals surface area contributed by atoms with Gasteiger partial charge in [0.05, 0.1) is 5.88 Å². The summed E-state index contributed by atoms with van der Waals surface area (Å²) in [4.78, 5) is -0.588. The largest absolute Gasteiger partial charge is 0.246 e. The summed E-state index contributed by atoms with van der Waals surface area (Å²) in [6.07, 6.45) is 0. The van der Waals surface area contributed by atoms with E-state index in [1.165, 1.54) is 11.8 Å². The molecule has 0 aromatic heterocycles. The fourth-order valence-corrected chi connectivity index (χ4v) is 4.29. The van der Waals surface area contributed by atoms with Crippen molar-refractivity contribution in [1.82, 2.24) is 4.31 Å². The van der Waals surface area contributed by atoms with Crippen LogP contribution in [0.4, 0.5) is 8.78 Å². The zero-order valence-electron chi connectivity index (χ0n) is 8.19. The molecule has 0 saturated carbocycles. The van der Waals surface area contributed by atoms with Crippen LogP contribution in [0.2, 0.25) is 0 Å². The van der Waals surface area contributed by atoms with Crippen molar-refractivity contribution >= 4 is 21.8 Å². The summed E-state index contributed by atoms with van der Waals surface area (Å²) in [5.74, 6) is -0.709. The standard InChI is InChI=1S/C9H9F2NO2S2/c10-7-1-2-8(11)9(5-7)16(13,14)12-3-4-15-6-12/h1-2,5H,3-4,6H2. The van der Waals surface area contributed by atoms with Crippen LogP contribution in [0.5, 0.6) is 0 Å². The molecule has 1 aromatic rings. The molecule has 16 heavy (non-hydrogen) atoms. The van der Waals surface area contributed by atoms with Crippen LogP contribution >= 0.6 is 11.8 Å². The number of thioether (sulfide) groups is 1. The molecule has 0 amide bonds. The fraction of sp³-hybridized carbons (Fsp3) is 0.333. The molecule has 1 saturated heterocycles. The summed E-state index contributed by atoms with van der Waals surface area (Å²) < 4.78 is 51.2. The third kappa shape index (κ3) is 2.07. The minimum Gasteiger partial charge on any atom is -0.207 e. The van der Waals surface area contributed by atoms with E-state index in [1.807, 2.05) is 0 Å². The molecule has 1 fully saturated rings. The van der Waals surface area contributed by atoms with Crippen molar-refractivity contribution in [3.8, 4) is 0 Å². The van der Waals surface area contributed by atoms with Crippen molar-refractivity contribution in [1.29, 1.82) is 0 Å². The molecular weight excluding hydrogens is 256 g/mol. The summed E-state index contributed by atoms with van der Waals surface area (Å²) in [5, 5.41) is 0. The lowest BCUT2D eigenvalue weighted by Gasteiger charge is -2.15. The molecule has 3 nitrogen and oxygen atoms in total. The van der Waals surface area contributed by atoms with Crippen molar-refractivity contribution in [3.05, 3.63) is 29.8 Å². The SMILES string of the molecule is O=S(=O)(c1cc(F)ccc1F)N1CCSC1. The Morgan fingerprint density at radius 2 is 2.06 bits per heavy atom. The van der Waals surface area contributed by atoms with Gasteiger partial charge in [-0.25, -0.2) is 17.2 Å². The van der Waals surface area contributed by atoms with Crippen LogP contribution in [0.15, 0.2) is 23.1 Å². The first-order chi connectivity index (χ1) is 7.51. The number of benzene rings is 1. The van der Waals surface area contributed by atoms with Crippen LogP contribution in [0.1, 0.15) is 0 Å². The predicted molar refractivity (Wildman–Crippen MR) is 57.6 cm³/mol. The van der Waals surface area contributed by atoms with Gasteiger partial charge in [-0.2, -0.15) is 4.31 Å². The monoisotopic (exact) mass is 265 g/mol. The van der Waals surface area contributed by atoms with E-state index in [0.29, 0.717) is 18.4 Å². The molecule has 0 bridgehead atoms. The Kier molecular flexibility index (Phi) is 3.18. The van der Waals surface area contributed by atoms with Crippen molar-refractivity contribution in [2.45, 2.75) is 4.90 Å². The van der Waals surface area contributed by atoms with Crippen LogP contribution < -0.4 is 0 Å². The maximum absolute atomic E-state index is 13.3. The van der Waals surface area contributed by atoms with E-state index in [1.54, 1.807) is 0 Å². The fourth-order valence-electron chi connectivity index (χ4n) is 1.40. The number of rotatable bonds is 2. The van der Waals surface area contributed by atoms with E-state index in [-0.39, 0.29) is 5.88 Å². The van der Waals surface area contributed by atoms with Crippen LogP contribution in [-0.2, 0) is 10.0 Å². The summed E-state index contributed by atoms with van der Waals surface area (Å²) in [7, 11) is -3.89. The number of sulfonamides is 1. The molecule has 2 rings (SSSR count). The van der Waals surface area contributed by atoms with Crippen molar-refractivity contribution in [2.24, 2.45) is 0 Å². The average molecular weight is 265 g/mol. The highest BCUT2D eigenvalue weighted by Gasteiger charge is 2.30. The van der Waals surface area contributed by atoms with Gasteiger partial charge in [0.1, 0.15) is 16.5 Å². The maximum Gasteiger partial charge on any atom is 0.246 e. The van der Waals surface area contributed by atoms with Crippen molar-refractivity contribution in [2.75, 3.05) is 18.2 Å². The highest BCUT2D eigenvalue weighted by Crippen LogP contribution is 2.25. The molecule has 0 N–H and O–H groups in total. The number of nitrogens with zero attached hydrogens (tertiary/aromatic N) is 1. The number of halogens is 2. The van der Waals surface area contributed by atoms with Crippen molar-refractivity contribution in [3.63, 3.8) is 0 Å². The minimum atomic E-state index is -3.89. The molecule has 0 unspecified atom stereocenters. The Morgan fingerprint density at radius 3 is 2.69 bits per heavy atom. The second-order valence-corrected chi connectivity index (χ2v) is 6.27. The Hall–Kier alpha value is -0.660. The molecule has 1 aliphatic heterocycles. The molecule has 88 valence electrons. The van der Waals surface area contributed by atoms with Gasteiger partial charge in [-0.1, -0.05) is 0 Å². The van der Waals surface area contributed by atoms with E-state index in [2.05, 4.69) is 0 Å². The lowest BCUT2D eigenvalue weighted by Crippen LogP contribution is -2.28. The molecule has 0 radical (unpaired) electrons. The highest BCUT2D eigenvalue weighted by molar-refractivity contribution is 8.00. The highest BCUT2D eigenvalue weighted by atomic mass is 32.2. The number of hydrogen-bond donors (Lipinski definition) is 0. The van der Waals surface area contributed by atoms with Gasteiger partial charge in [0.2, 0.25) is 10.0 Å². The van der Waals surface area contributed by atoms with Gasteiger partial charge in [0.15, 0.2) is 0 Å². The van der Waals surface area contributed by atoms with Gasteiger partial charge in [0, 0.05) is 12.3 Å². The first-order valence-corrected chi connectivity index (χ1v) is 7.14. The van der Waals surface area contributed by atoms with Gasteiger partial charge >= 0.3 is 0 Å². The van der Waals surface area contributed by atoms with Crippen LogP contribution in [-0.4, -0.2) is 30.9 Å². The van der Waals surface area contributed by atoms with Gasteiger partial charge in [-0.3, -0.25) is 0 Å². The third-order valence-electron chi connectivity index (χ3n) is 2.23. The molecule has 1 aromatic carbocycles. The van der Waals surface area contributed by atoms with Crippen LogP contribution in [0, 0.1) is 11.6 Å². The minimum absolute atomic E-state index is 0.290. The molecular formula is C9H9F2NO2S2. The van der Waals surface area contributed by atoms with E-state index in [0.717, 1.165) is 16.4 Å². The third-order valence-corrected chi connectivity index (χ3v) is 5.22. The molecule has 0 atom stereocenters. The van der Waals surface area contributed by atoms with Crippen molar-refractivity contribution < 1.29 is 17.2 Å². The van der Waals surface area contributed by atoms with Gasteiger partial charge in [0.25, 0.3) is 0 Å². The smallest absolute Gasteiger partial charge is 0.207 e. The van der Waals surface area contributed by atoms with E-state index < -0.39 is 26.6 Å². The molecule has 7 heteroatoms. The van der Waals surface area contributed by atoms with E-state index in [4.69, 9.17) is 0 Å². The molecule has 1 aliphatic rings. The zero-order valence-corrected chi connectivity index (χ0v) is 9.82. The van der Waals surface area contributed by atoms with Gasteiger partial charge in [-0.05, 0) is 18.2 Å². The first kappa shape index (κ1) is 11.8. The Labute approximate surface area is 96.5 Å². The summed E-state index contributed by atoms with van der Waals surface area (Å²) in [5.41, 5.74) is 0. The second kappa shape index (κ2) is 4.31. The predicted octanol–water partition coefficient (Wildman–Crippen LogP) is 1.66. The first-order valence-electron chi connectivity index (χ1n) is 4.55. The summed E-state index contributed by atoms with van der Waals surface area (Å²) >= 11 is 1.44. The van der Waals surface area contributed by atoms with Crippen LogP contribution in [0.25, 0.3) is 0 Å². The Morgan fingerprint density at radius 1 is 1.31 bits per heavy atom. The van der Waals surface area contributed by atoms with Crippen LogP contribution in [0.3, 0.4) is 0 Å². The van der Waals surface area contributed by atoms with Gasteiger partial charge < -0.3 is 0 Å². The van der Waals surface area contributed by atoms with Gasteiger partial charge in [-0.15, -0.1) is 11.8 Å². The summed E-state index contributed by atoms with van der Waals surface area (Å²) in [6, 6.07) is 2.44. The average Bonchev–Trinajstić information content (AvgIpc) is 2.75. The lowest BCUT2D eigenvalue weighted by atomic mass is 10.3. The topological polar surface area (TPSA) is 37.4 Å². The molecule has 0 aliphatic carbocycles. The number of hydrogen-bond acceptors (Lipinski definition) is 3. The Balaban J connectivity index is 2.46. The molecule has 0 spiro atoms. The summed E-state index contributed by atoms with van der Waals surface area (Å²) in [6.45, 7) is 0.336. The Bertz CT molecular complexity index is 498. The molecule has 1 heterocycles. The normalized spacial score (nSPS) is 17.9. The van der Waals surface area contributed by atoms with E-state index >= 15 is 0 Å². The lowest BCUT2D eigenvalue weighted by molar-refractivity contribution is 0.478. The second-order valence-electron chi connectivity index (χ2n) is 3.29.